The Bertz CT molecular complexity index is 1340. The van der Waals surface area contributed by atoms with E-state index in [4.69, 9.17) is 9.47 Å². The third kappa shape index (κ3) is 6.26. The van der Waals surface area contributed by atoms with Crippen LogP contribution in [0, 0.1) is 22.9 Å². The molecule has 40 heavy (non-hydrogen) atoms. The molecule has 216 valence electrons. The Morgan fingerprint density at radius 2 is 1.82 bits per heavy atom. The van der Waals surface area contributed by atoms with Crippen LogP contribution >= 0.6 is 0 Å². The monoisotopic (exact) mass is 561 g/mol. The highest BCUT2D eigenvalue weighted by Gasteiger charge is 2.41. The number of nitrogens with zero attached hydrogens (tertiary/aromatic N) is 3. The molecule has 3 aromatic rings. The number of benzene rings is 2. The first kappa shape index (κ1) is 29.4. The number of rotatable bonds is 11. The van der Waals surface area contributed by atoms with Crippen LogP contribution in [0.25, 0.3) is 10.9 Å². The molecular formula is C29H34F3N3O5. The number of hydrogen-bond donors (Lipinski definition) is 2. The molecule has 1 saturated heterocycles. The van der Waals surface area contributed by atoms with Crippen molar-refractivity contribution in [3.05, 3.63) is 59.5 Å². The van der Waals surface area contributed by atoms with Crippen molar-refractivity contribution < 1.29 is 37.7 Å². The number of anilines is 1. The summed E-state index contributed by atoms with van der Waals surface area (Å²) in [6.07, 6.45) is 1.96. The molecule has 2 aromatic carbocycles. The molecule has 4 rings (SSSR count). The minimum atomic E-state index is -1.11. The van der Waals surface area contributed by atoms with Gasteiger partial charge < -0.3 is 24.6 Å². The van der Waals surface area contributed by atoms with Crippen molar-refractivity contribution in [2.75, 3.05) is 52.3 Å². The normalized spacial score (nSPS) is 16.1. The van der Waals surface area contributed by atoms with E-state index in [2.05, 4.69) is 4.98 Å². The molecule has 11 heteroatoms. The number of halogens is 3. The lowest BCUT2D eigenvalue weighted by molar-refractivity contribution is -0.153. The minimum absolute atomic E-state index is 0.0375. The molecule has 0 bridgehead atoms. The van der Waals surface area contributed by atoms with E-state index in [-0.39, 0.29) is 19.4 Å². The lowest BCUT2D eigenvalue weighted by atomic mass is 9.74. The van der Waals surface area contributed by atoms with Crippen molar-refractivity contribution in [2.24, 2.45) is 5.41 Å². The van der Waals surface area contributed by atoms with E-state index in [1.807, 2.05) is 36.0 Å². The van der Waals surface area contributed by atoms with E-state index in [9.17, 15) is 28.2 Å². The third-order valence-electron chi connectivity index (χ3n) is 7.69. The number of piperidine rings is 1. The van der Waals surface area contributed by atoms with Crippen molar-refractivity contribution in [1.29, 1.82) is 0 Å². The van der Waals surface area contributed by atoms with Crippen LogP contribution in [-0.2, 0) is 4.79 Å². The van der Waals surface area contributed by atoms with Gasteiger partial charge in [-0.1, -0.05) is 0 Å². The van der Waals surface area contributed by atoms with Crippen LogP contribution in [0.5, 0.6) is 11.5 Å². The van der Waals surface area contributed by atoms with E-state index in [1.165, 1.54) is 0 Å². The lowest BCUT2D eigenvalue weighted by Gasteiger charge is -2.39. The topological polar surface area (TPSA) is 95.4 Å². The first-order valence-corrected chi connectivity index (χ1v) is 13.1. The largest absolute Gasteiger partial charge is 0.497 e. The molecule has 0 amide bonds. The van der Waals surface area contributed by atoms with Gasteiger partial charge in [0, 0.05) is 43.7 Å². The van der Waals surface area contributed by atoms with Crippen LogP contribution in [0.1, 0.15) is 37.4 Å². The second-order valence-electron chi connectivity index (χ2n) is 10.4. The maximum atomic E-state index is 13.8. The summed E-state index contributed by atoms with van der Waals surface area (Å²) in [6.45, 7) is 1.17. The standard InChI is InChI=1S/C29H34F3N3O5/c1-34(2)24-17-33-23-5-4-19(39-3)16-20(23)26(24)25(36)6-7-29(28(37)38)8-10-35(11-9-29)12-13-40-27-21(31)14-18(30)15-22(27)32/h4-5,14-17,25,36H,6-13H2,1-3H3,(H,37,38). The number of hydrogen-bond acceptors (Lipinski definition) is 7. The number of likely N-dealkylation sites (tertiary alicyclic amines) is 1. The average molecular weight is 562 g/mol. The van der Waals surface area contributed by atoms with Gasteiger partial charge in [0.05, 0.1) is 36.0 Å². The number of carbonyl (C=O) groups is 1. The summed E-state index contributed by atoms with van der Waals surface area (Å²) in [6, 6.07) is 6.56. The summed E-state index contributed by atoms with van der Waals surface area (Å²) in [5.41, 5.74) is 1.09. The molecular weight excluding hydrogens is 527 g/mol. The Hall–Kier alpha value is -3.57. The van der Waals surface area contributed by atoms with Gasteiger partial charge in [-0.2, -0.15) is 0 Å². The van der Waals surface area contributed by atoms with Crippen molar-refractivity contribution in [3.63, 3.8) is 0 Å². The van der Waals surface area contributed by atoms with Crippen LogP contribution in [-0.4, -0.2) is 73.5 Å². The molecule has 1 aromatic heterocycles. The maximum absolute atomic E-state index is 13.8. The Morgan fingerprint density at radius 1 is 1.15 bits per heavy atom. The molecule has 1 unspecified atom stereocenters. The summed E-state index contributed by atoms with van der Waals surface area (Å²) < 4.78 is 51.3. The smallest absolute Gasteiger partial charge is 0.309 e. The first-order chi connectivity index (χ1) is 19.0. The number of ether oxygens (including phenoxy) is 2. The Kier molecular flexibility index (Phi) is 9.05. The van der Waals surface area contributed by atoms with Crippen LogP contribution in [0.2, 0.25) is 0 Å². The second kappa shape index (κ2) is 12.3. The summed E-state index contributed by atoms with van der Waals surface area (Å²) in [7, 11) is 5.28. The van der Waals surface area contributed by atoms with Gasteiger partial charge in [-0.15, -0.1) is 0 Å². The number of pyridine rings is 1. The van der Waals surface area contributed by atoms with Crippen molar-refractivity contribution in [1.82, 2.24) is 9.88 Å². The second-order valence-corrected chi connectivity index (χ2v) is 10.4. The predicted octanol–water partition coefficient (Wildman–Crippen LogP) is 4.79. The van der Waals surface area contributed by atoms with E-state index in [1.54, 1.807) is 19.4 Å². The summed E-state index contributed by atoms with van der Waals surface area (Å²) >= 11 is 0. The van der Waals surface area contributed by atoms with E-state index in [0.717, 1.165) is 11.1 Å². The van der Waals surface area contributed by atoms with Crippen LogP contribution < -0.4 is 14.4 Å². The van der Waals surface area contributed by atoms with Crippen LogP contribution in [0.3, 0.4) is 0 Å². The zero-order valence-corrected chi connectivity index (χ0v) is 22.8. The molecule has 0 spiro atoms. The predicted molar refractivity (Wildman–Crippen MR) is 144 cm³/mol. The Labute approximate surface area is 230 Å². The molecule has 8 nitrogen and oxygen atoms in total. The number of aliphatic carboxylic acids is 1. The third-order valence-corrected chi connectivity index (χ3v) is 7.69. The maximum Gasteiger partial charge on any atom is 0.309 e. The van der Waals surface area contributed by atoms with Crippen molar-refractivity contribution in [3.8, 4) is 11.5 Å². The lowest BCUT2D eigenvalue weighted by Crippen LogP contribution is -2.45. The van der Waals surface area contributed by atoms with Gasteiger partial charge in [-0.05, 0) is 57.0 Å². The number of fused-ring (bicyclic) bond motifs is 1. The fourth-order valence-electron chi connectivity index (χ4n) is 5.29. The van der Waals surface area contributed by atoms with Crippen LogP contribution in [0.4, 0.5) is 18.9 Å². The summed E-state index contributed by atoms with van der Waals surface area (Å²) in [5, 5.41) is 22.3. The van der Waals surface area contributed by atoms with E-state index >= 15 is 0 Å². The highest BCUT2D eigenvalue weighted by Crippen LogP contribution is 2.41. The van der Waals surface area contributed by atoms with E-state index < -0.39 is 40.7 Å². The first-order valence-electron chi connectivity index (χ1n) is 13.1. The number of aliphatic hydroxyl groups excluding tert-OH is 1. The van der Waals surface area contributed by atoms with Crippen molar-refractivity contribution >= 4 is 22.6 Å². The quantitative estimate of drug-likeness (QED) is 0.345. The highest BCUT2D eigenvalue weighted by molar-refractivity contribution is 5.88. The number of aromatic nitrogens is 1. The van der Waals surface area contributed by atoms with Gasteiger partial charge in [-0.25, -0.2) is 13.2 Å². The summed E-state index contributed by atoms with van der Waals surface area (Å²) in [4.78, 5) is 20.8. The molecule has 0 aliphatic carbocycles. The number of carboxylic acids is 1. The molecule has 1 aliphatic rings. The van der Waals surface area contributed by atoms with Gasteiger partial charge in [0.1, 0.15) is 18.2 Å². The van der Waals surface area contributed by atoms with Gasteiger partial charge in [0.2, 0.25) is 0 Å². The number of methoxy groups -OCH3 is 1. The molecule has 1 atom stereocenters. The fraction of sp³-hybridized carbons (Fsp3) is 0.448. The molecule has 0 radical (unpaired) electrons. The van der Waals surface area contributed by atoms with Gasteiger partial charge >= 0.3 is 5.97 Å². The molecule has 1 aliphatic heterocycles. The highest BCUT2D eigenvalue weighted by atomic mass is 19.1. The minimum Gasteiger partial charge on any atom is -0.497 e. The zero-order valence-electron chi connectivity index (χ0n) is 22.8. The van der Waals surface area contributed by atoms with E-state index in [0.29, 0.717) is 61.4 Å². The Balaban J connectivity index is 1.41. The number of aliphatic hydroxyl groups is 1. The number of carboxylic acid groups (broad SMARTS) is 1. The molecule has 2 N–H and O–H groups in total. The summed E-state index contributed by atoms with van der Waals surface area (Å²) in [5.74, 6) is -4.18. The van der Waals surface area contributed by atoms with Crippen molar-refractivity contribution in [2.45, 2.75) is 31.8 Å². The zero-order chi connectivity index (χ0) is 29.0. The average Bonchev–Trinajstić information content (AvgIpc) is 2.92. The van der Waals surface area contributed by atoms with Gasteiger partial charge in [0.25, 0.3) is 0 Å². The Morgan fingerprint density at radius 3 is 2.42 bits per heavy atom. The SMILES string of the molecule is COc1ccc2ncc(N(C)C)c(C(O)CCC3(C(=O)O)CCN(CCOc4c(F)cc(F)cc4F)CC3)c2c1. The molecule has 1 fully saturated rings. The fourth-order valence-corrected chi connectivity index (χ4v) is 5.29. The van der Waals surface area contributed by atoms with Crippen LogP contribution in [0.15, 0.2) is 36.5 Å². The molecule has 0 saturated carbocycles. The van der Waals surface area contributed by atoms with Gasteiger partial charge in [-0.3, -0.25) is 14.7 Å². The van der Waals surface area contributed by atoms with Gasteiger partial charge in [0.15, 0.2) is 17.4 Å². The molecule has 2 heterocycles.